The Bertz CT molecular complexity index is 855. The monoisotopic (exact) mass is 498 g/mol. The zero-order chi connectivity index (χ0) is 25.4. The van der Waals surface area contributed by atoms with Crippen LogP contribution in [0.25, 0.3) is 0 Å². The van der Waals surface area contributed by atoms with E-state index in [-0.39, 0.29) is 24.3 Å². The van der Waals surface area contributed by atoms with Crippen molar-refractivity contribution in [2.75, 3.05) is 26.9 Å². The number of ether oxygens (including phenoxy) is 2. The van der Waals surface area contributed by atoms with Crippen LogP contribution in [-0.4, -0.2) is 55.7 Å². The number of alkyl halides is 3. The molecule has 1 N–H and O–H groups in total. The van der Waals surface area contributed by atoms with Gasteiger partial charge in [0.1, 0.15) is 0 Å². The molecular weight excluding hydrogens is 461 g/mol. The van der Waals surface area contributed by atoms with E-state index in [1.54, 1.807) is 11.0 Å². The number of fused-ring (bicyclic) bond motifs is 1. The van der Waals surface area contributed by atoms with Crippen LogP contribution in [0.4, 0.5) is 13.2 Å². The number of carbonyl (C=O) groups excluding carboxylic acids is 2. The molecule has 2 atom stereocenters. The van der Waals surface area contributed by atoms with Crippen molar-refractivity contribution in [2.24, 2.45) is 5.92 Å². The smallest absolute Gasteiger partial charge is 0.416 e. The van der Waals surface area contributed by atoms with Crippen molar-refractivity contribution in [3.63, 3.8) is 0 Å². The van der Waals surface area contributed by atoms with Crippen LogP contribution in [-0.2, 0) is 38.2 Å². The Morgan fingerprint density at radius 2 is 1.86 bits per heavy atom. The normalized spacial score (nSPS) is 22.7. The van der Waals surface area contributed by atoms with Crippen molar-refractivity contribution in [3.8, 4) is 0 Å². The molecule has 1 aromatic carbocycles. The minimum absolute atomic E-state index is 0.0234. The number of methoxy groups -OCH3 is 1. The molecule has 2 fully saturated rings. The van der Waals surface area contributed by atoms with Crippen LogP contribution in [0.3, 0.4) is 0 Å². The fraction of sp³-hybridized carbons (Fsp3) is 0.692. The lowest BCUT2D eigenvalue weighted by Crippen LogP contribution is -2.42. The van der Waals surface area contributed by atoms with Crippen molar-refractivity contribution in [2.45, 2.75) is 83.1 Å². The van der Waals surface area contributed by atoms with E-state index >= 15 is 0 Å². The molecule has 2 unspecified atom stereocenters. The highest BCUT2D eigenvalue weighted by Crippen LogP contribution is 2.34. The Kier molecular flexibility index (Phi) is 9.98. The SMILES string of the molecule is CCCC(=O)OC.O=C(C1CCC(NC2CCOCC2)C1)N1CCc2ccc(C(F)(F)F)cc2C1. The van der Waals surface area contributed by atoms with E-state index in [0.29, 0.717) is 37.0 Å². The van der Waals surface area contributed by atoms with E-state index < -0.39 is 11.7 Å². The van der Waals surface area contributed by atoms with Crippen LogP contribution < -0.4 is 5.32 Å². The molecule has 0 spiro atoms. The molecule has 1 aromatic rings. The van der Waals surface area contributed by atoms with Crippen LogP contribution in [0.1, 0.15) is 68.6 Å². The summed E-state index contributed by atoms with van der Waals surface area (Å²) in [6.45, 7) is 4.40. The number of rotatable bonds is 5. The topological polar surface area (TPSA) is 67.9 Å². The molecule has 2 aliphatic heterocycles. The van der Waals surface area contributed by atoms with Crippen molar-refractivity contribution in [1.29, 1.82) is 0 Å². The Labute approximate surface area is 205 Å². The molecule has 35 heavy (non-hydrogen) atoms. The van der Waals surface area contributed by atoms with Gasteiger partial charge in [0, 0.05) is 50.7 Å². The van der Waals surface area contributed by atoms with E-state index in [1.807, 2.05) is 6.92 Å². The summed E-state index contributed by atoms with van der Waals surface area (Å²) in [6, 6.07) is 4.73. The summed E-state index contributed by atoms with van der Waals surface area (Å²) in [5.41, 5.74) is 0.911. The first-order valence-electron chi connectivity index (χ1n) is 12.6. The van der Waals surface area contributed by atoms with E-state index in [1.165, 1.54) is 13.2 Å². The third-order valence-corrected chi connectivity index (χ3v) is 7.01. The molecule has 1 saturated heterocycles. The van der Waals surface area contributed by atoms with E-state index in [0.717, 1.165) is 63.4 Å². The number of hydrogen-bond donors (Lipinski definition) is 1. The second-order valence-electron chi connectivity index (χ2n) is 9.58. The molecule has 196 valence electrons. The minimum atomic E-state index is -4.35. The van der Waals surface area contributed by atoms with Crippen LogP contribution in [0.15, 0.2) is 18.2 Å². The van der Waals surface area contributed by atoms with Gasteiger partial charge in [0.05, 0.1) is 12.7 Å². The van der Waals surface area contributed by atoms with Gasteiger partial charge in [-0.05, 0) is 68.2 Å². The number of nitrogens with one attached hydrogen (secondary N) is 1. The molecule has 0 radical (unpaired) electrons. The van der Waals surface area contributed by atoms with Gasteiger partial charge in [0.15, 0.2) is 0 Å². The van der Waals surface area contributed by atoms with Gasteiger partial charge in [-0.3, -0.25) is 9.59 Å². The van der Waals surface area contributed by atoms with Gasteiger partial charge in [-0.25, -0.2) is 0 Å². The molecule has 9 heteroatoms. The summed E-state index contributed by atoms with van der Waals surface area (Å²) in [7, 11) is 1.40. The molecule has 2 heterocycles. The summed E-state index contributed by atoms with van der Waals surface area (Å²) in [6.07, 6.45) is 2.36. The maximum absolute atomic E-state index is 13.0. The number of nitrogens with zero attached hydrogens (tertiary/aromatic N) is 1. The molecule has 1 aliphatic carbocycles. The molecule has 1 saturated carbocycles. The zero-order valence-corrected chi connectivity index (χ0v) is 20.7. The Morgan fingerprint density at radius 1 is 1.11 bits per heavy atom. The number of esters is 1. The first kappa shape index (κ1) is 27.5. The second kappa shape index (κ2) is 12.7. The second-order valence-corrected chi connectivity index (χ2v) is 9.58. The van der Waals surface area contributed by atoms with Crippen LogP contribution in [0.2, 0.25) is 0 Å². The average molecular weight is 499 g/mol. The van der Waals surface area contributed by atoms with E-state index in [2.05, 4.69) is 10.1 Å². The van der Waals surface area contributed by atoms with Crippen LogP contribution in [0, 0.1) is 5.92 Å². The third-order valence-electron chi connectivity index (χ3n) is 7.01. The summed E-state index contributed by atoms with van der Waals surface area (Å²) in [4.78, 5) is 24.9. The Hall–Kier alpha value is -2.13. The molecule has 0 bridgehead atoms. The maximum atomic E-state index is 13.0. The zero-order valence-electron chi connectivity index (χ0n) is 20.7. The number of carbonyl (C=O) groups is 2. The highest BCUT2D eigenvalue weighted by Gasteiger charge is 2.36. The quantitative estimate of drug-likeness (QED) is 0.606. The van der Waals surface area contributed by atoms with Gasteiger partial charge in [0.2, 0.25) is 5.91 Å². The minimum Gasteiger partial charge on any atom is -0.469 e. The van der Waals surface area contributed by atoms with Gasteiger partial charge >= 0.3 is 12.1 Å². The molecule has 4 rings (SSSR count). The van der Waals surface area contributed by atoms with Crippen LogP contribution >= 0.6 is 0 Å². The average Bonchev–Trinajstić information content (AvgIpc) is 3.32. The third kappa shape index (κ3) is 7.93. The summed E-state index contributed by atoms with van der Waals surface area (Å²) >= 11 is 0. The maximum Gasteiger partial charge on any atom is 0.416 e. The molecule has 3 aliphatic rings. The van der Waals surface area contributed by atoms with Crippen LogP contribution in [0.5, 0.6) is 0 Å². The largest absolute Gasteiger partial charge is 0.469 e. The van der Waals surface area contributed by atoms with Crippen molar-refractivity contribution < 1.29 is 32.2 Å². The van der Waals surface area contributed by atoms with Gasteiger partial charge < -0.3 is 19.7 Å². The highest BCUT2D eigenvalue weighted by atomic mass is 19.4. The van der Waals surface area contributed by atoms with Gasteiger partial charge in [-0.2, -0.15) is 13.2 Å². The fourth-order valence-electron chi connectivity index (χ4n) is 5.04. The first-order chi connectivity index (χ1) is 16.7. The lowest BCUT2D eigenvalue weighted by Gasteiger charge is -2.31. The lowest BCUT2D eigenvalue weighted by molar-refractivity contribution is -0.141. The van der Waals surface area contributed by atoms with Crippen molar-refractivity contribution in [1.82, 2.24) is 10.2 Å². The van der Waals surface area contributed by atoms with E-state index in [9.17, 15) is 22.8 Å². The summed E-state index contributed by atoms with van der Waals surface area (Å²) < 4.78 is 48.7. The van der Waals surface area contributed by atoms with Crippen molar-refractivity contribution in [3.05, 3.63) is 34.9 Å². The Morgan fingerprint density at radius 3 is 2.49 bits per heavy atom. The molecule has 6 nitrogen and oxygen atoms in total. The fourth-order valence-corrected chi connectivity index (χ4v) is 5.04. The van der Waals surface area contributed by atoms with Gasteiger partial charge in [-0.15, -0.1) is 0 Å². The predicted octanol–water partition coefficient (Wildman–Crippen LogP) is 4.49. The number of halogens is 3. The standard InChI is InChI=1S/C21H27F3N2O2.C5H10O2/c22-21(23,24)17-3-1-14-5-8-26(13-16(14)11-17)20(27)15-2-4-19(12-15)25-18-6-9-28-10-7-18;1-3-4-5(6)7-2/h1,3,11,15,18-19,25H,2,4-10,12-13H2;3-4H2,1-2H3. The molecular formula is C26H37F3N2O4. The number of benzene rings is 1. The lowest BCUT2D eigenvalue weighted by atomic mass is 9.95. The number of amides is 1. The van der Waals surface area contributed by atoms with Gasteiger partial charge in [0.25, 0.3) is 0 Å². The molecule has 1 amide bonds. The first-order valence-corrected chi connectivity index (χ1v) is 12.6. The summed E-state index contributed by atoms with van der Waals surface area (Å²) in [5.74, 6) is -0.0495. The van der Waals surface area contributed by atoms with E-state index in [4.69, 9.17) is 4.74 Å². The highest BCUT2D eigenvalue weighted by molar-refractivity contribution is 5.79. The predicted molar refractivity (Wildman–Crippen MR) is 126 cm³/mol. The number of hydrogen-bond acceptors (Lipinski definition) is 5. The summed E-state index contributed by atoms with van der Waals surface area (Å²) in [5, 5.41) is 3.67. The van der Waals surface area contributed by atoms with Crippen molar-refractivity contribution >= 4 is 11.9 Å². The molecule has 0 aromatic heterocycles. The van der Waals surface area contributed by atoms with Gasteiger partial charge in [-0.1, -0.05) is 13.0 Å². The Balaban J connectivity index is 0.000000429.